The molecule has 0 heterocycles. The summed E-state index contributed by atoms with van der Waals surface area (Å²) < 4.78 is 13.9. The fourth-order valence-corrected chi connectivity index (χ4v) is 0.816. The number of esters is 2. The monoisotopic (exact) mass is 218 g/mol. The SMILES string of the molecule is C=CC(=O)OCOPCOC(=O)C=C. The summed E-state index contributed by atoms with van der Waals surface area (Å²) in [6.07, 6.45) is 2.21. The summed E-state index contributed by atoms with van der Waals surface area (Å²) in [6, 6.07) is 0. The first-order valence-electron chi connectivity index (χ1n) is 3.63. The van der Waals surface area contributed by atoms with Crippen molar-refractivity contribution in [3.8, 4) is 0 Å². The maximum absolute atomic E-state index is 10.5. The molecule has 0 saturated heterocycles. The van der Waals surface area contributed by atoms with Crippen LogP contribution in [0.3, 0.4) is 0 Å². The molecule has 0 aromatic carbocycles. The van der Waals surface area contributed by atoms with E-state index in [0.717, 1.165) is 12.2 Å². The van der Waals surface area contributed by atoms with Crippen molar-refractivity contribution >= 4 is 20.7 Å². The second-order valence-corrected chi connectivity index (χ2v) is 2.75. The third kappa shape index (κ3) is 7.46. The second-order valence-electron chi connectivity index (χ2n) is 1.89. The highest BCUT2D eigenvalue weighted by Crippen LogP contribution is 2.11. The van der Waals surface area contributed by atoms with Crippen molar-refractivity contribution in [1.82, 2.24) is 0 Å². The van der Waals surface area contributed by atoms with Crippen LogP contribution in [0.2, 0.25) is 0 Å². The smallest absolute Gasteiger partial charge is 0.332 e. The van der Waals surface area contributed by atoms with Gasteiger partial charge in [0.2, 0.25) is 0 Å². The lowest BCUT2D eigenvalue weighted by molar-refractivity contribution is -0.144. The minimum atomic E-state index is -0.558. The van der Waals surface area contributed by atoms with Crippen LogP contribution in [0.25, 0.3) is 0 Å². The maximum Gasteiger partial charge on any atom is 0.332 e. The fourth-order valence-electron chi connectivity index (χ4n) is 0.389. The molecule has 1 atom stereocenters. The van der Waals surface area contributed by atoms with E-state index in [1.165, 1.54) is 0 Å². The van der Waals surface area contributed by atoms with Gasteiger partial charge < -0.3 is 14.0 Å². The Labute approximate surface area is 83.6 Å². The van der Waals surface area contributed by atoms with E-state index in [4.69, 9.17) is 4.52 Å². The summed E-state index contributed by atoms with van der Waals surface area (Å²) in [7, 11) is -0.0734. The molecule has 0 N–H and O–H groups in total. The van der Waals surface area contributed by atoms with Crippen molar-refractivity contribution in [2.45, 2.75) is 0 Å². The van der Waals surface area contributed by atoms with E-state index < -0.39 is 11.9 Å². The highest BCUT2D eigenvalue weighted by molar-refractivity contribution is 7.31. The zero-order valence-corrected chi connectivity index (χ0v) is 8.52. The van der Waals surface area contributed by atoms with Crippen LogP contribution in [0.5, 0.6) is 0 Å². The minimum absolute atomic E-state index is 0.0734. The van der Waals surface area contributed by atoms with Crippen molar-refractivity contribution < 1.29 is 23.6 Å². The van der Waals surface area contributed by atoms with Crippen molar-refractivity contribution in [1.29, 1.82) is 0 Å². The van der Waals surface area contributed by atoms with E-state index in [1.54, 1.807) is 0 Å². The van der Waals surface area contributed by atoms with Gasteiger partial charge in [-0.2, -0.15) is 0 Å². The highest BCUT2D eigenvalue weighted by atomic mass is 31.1. The zero-order chi connectivity index (χ0) is 10.8. The van der Waals surface area contributed by atoms with Crippen molar-refractivity contribution in [3.63, 3.8) is 0 Å². The molecule has 0 fully saturated rings. The molecule has 0 aliphatic carbocycles. The van der Waals surface area contributed by atoms with Gasteiger partial charge in [-0.1, -0.05) is 13.2 Å². The lowest BCUT2D eigenvalue weighted by Gasteiger charge is -2.03. The standard InChI is InChI=1S/C8H11O5P/c1-3-7(9)11-5-13-14-6-12-8(10)4-2/h3-4,14H,1-2,5-6H2. The average molecular weight is 218 g/mol. The van der Waals surface area contributed by atoms with Gasteiger partial charge in [0.25, 0.3) is 0 Å². The van der Waals surface area contributed by atoms with E-state index in [1.807, 2.05) is 0 Å². The Balaban J connectivity index is 3.21. The summed E-state index contributed by atoms with van der Waals surface area (Å²) in [4.78, 5) is 21.0. The number of hydrogen-bond donors (Lipinski definition) is 0. The van der Waals surface area contributed by atoms with Gasteiger partial charge in [0, 0.05) is 12.2 Å². The Morgan fingerprint density at radius 3 is 2.29 bits per heavy atom. The summed E-state index contributed by atoms with van der Waals surface area (Å²) in [5.41, 5.74) is 0. The van der Waals surface area contributed by atoms with Gasteiger partial charge in [-0.25, -0.2) is 9.59 Å². The topological polar surface area (TPSA) is 61.8 Å². The van der Waals surface area contributed by atoms with Crippen LogP contribution in [-0.2, 0) is 23.6 Å². The summed E-state index contributed by atoms with van der Waals surface area (Å²) in [5, 5.41) is 0. The molecule has 0 spiro atoms. The van der Waals surface area contributed by atoms with Crippen LogP contribution in [0.4, 0.5) is 0 Å². The average Bonchev–Trinajstić information content (AvgIpc) is 2.22. The maximum atomic E-state index is 10.5. The number of carbonyl (C=O) groups excluding carboxylic acids is 2. The van der Waals surface area contributed by atoms with Crippen LogP contribution in [0, 0.1) is 0 Å². The first-order chi connectivity index (χ1) is 6.70. The molecule has 0 aromatic heterocycles. The predicted molar refractivity (Wildman–Crippen MR) is 51.7 cm³/mol. The Morgan fingerprint density at radius 1 is 1.14 bits per heavy atom. The van der Waals surface area contributed by atoms with Crippen molar-refractivity contribution in [2.24, 2.45) is 0 Å². The quantitative estimate of drug-likeness (QED) is 0.209. The third-order valence-corrected chi connectivity index (χ3v) is 1.55. The first kappa shape index (κ1) is 12.8. The Morgan fingerprint density at radius 2 is 1.71 bits per heavy atom. The number of carbonyl (C=O) groups is 2. The van der Waals surface area contributed by atoms with Crippen LogP contribution in [0.1, 0.15) is 0 Å². The fraction of sp³-hybridized carbons (Fsp3) is 0.250. The van der Waals surface area contributed by atoms with Crippen LogP contribution in [-0.4, -0.2) is 25.1 Å². The van der Waals surface area contributed by atoms with Gasteiger partial charge in [-0.15, -0.1) is 0 Å². The molecule has 5 nitrogen and oxygen atoms in total. The lowest BCUT2D eigenvalue weighted by Crippen LogP contribution is -2.03. The molecule has 1 unspecified atom stereocenters. The summed E-state index contributed by atoms with van der Waals surface area (Å²) in [6.45, 7) is 6.25. The minimum Gasteiger partial charge on any atom is -0.456 e. The van der Waals surface area contributed by atoms with Crippen LogP contribution >= 0.6 is 8.81 Å². The lowest BCUT2D eigenvalue weighted by atomic mass is 10.7. The molecule has 0 bridgehead atoms. The van der Waals surface area contributed by atoms with E-state index in [9.17, 15) is 9.59 Å². The van der Waals surface area contributed by atoms with Gasteiger partial charge in [-0.05, 0) is 0 Å². The molecule has 0 saturated carbocycles. The van der Waals surface area contributed by atoms with Crippen LogP contribution < -0.4 is 0 Å². The molecule has 14 heavy (non-hydrogen) atoms. The molecular formula is C8H11O5P. The molecule has 78 valence electrons. The van der Waals surface area contributed by atoms with Gasteiger partial charge in [0.15, 0.2) is 6.79 Å². The molecule has 0 amide bonds. The molecule has 0 aromatic rings. The van der Waals surface area contributed by atoms with E-state index in [2.05, 4.69) is 22.6 Å². The Kier molecular flexibility index (Phi) is 7.70. The van der Waals surface area contributed by atoms with Gasteiger partial charge in [0.05, 0.1) is 8.81 Å². The van der Waals surface area contributed by atoms with Gasteiger partial charge >= 0.3 is 11.9 Å². The molecule has 0 aliphatic heterocycles. The summed E-state index contributed by atoms with van der Waals surface area (Å²) >= 11 is 0. The first-order valence-corrected chi connectivity index (χ1v) is 4.75. The zero-order valence-electron chi connectivity index (χ0n) is 7.52. The molecule has 0 rings (SSSR count). The largest absolute Gasteiger partial charge is 0.456 e. The molecular weight excluding hydrogens is 207 g/mol. The van der Waals surface area contributed by atoms with Crippen LogP contribution in [0.15, 0.2) is 25.3 Å². The normalized spacial score (nSPS) is 9.71. The summed E-state index contributed by atoms with van der Waals surface area (Å²) in [5.74, 6) is -1.07. The van der Waals surface area contributed by atoms with E-state index >= 15 is 0 Å². The number of hydrogen-bond acceptors (Lipinski definition) is 5. The van der Waals surface area contributed by atoms with E-state index in [0.29, 0.717) is 0 Å². The molecule has 6 heteroatoms. The highest BCUT2D eigenvalue weighted by Gasteiger charge is 1.96. The third-order valence-electron chi connectivity index (χ3n) is 0.969. The molecule has 0 radical (unpaired) electrons. The number of rotatable bonds is 7. The van der Waals surface area contributed by atoms with Crippen molar-refractivity contribution in [2.75, 3.05) is 13.1 Å². The number of ether oxygens (including phenoxy) is 2. The Hall–Kier alpha value is -1.19. The Bertz CT molecular complexity index is 202. The van der Waals surface area contributed by atoms with E-state index in [-0.39, 0.29) is 21.9 Å². The predicted octanol–water partition coefficient (Wildman–Crippen LogP) is 0.970. The van der Waals surface area contributed by atoms with Gasteiger partial charge in [0.1, 0.15) is 6.35 Å². The molecule has 0 aliphatic rings. The van der Waals surface area contributed by atoms with Gasteiger partial charge in [-0.3, -0.25) is 0 Å². The second kappa shape index (κ2) is 8.41. The van der Waals surface area contributed by atoms with Crippen molar-refractivity contribution in [3.05, 3.63) is 25.3 Å².